The van der Waals surface area contributed by atoms with E-state index in [0.29, 0.717) is 32.5 Å². The van der Waals surface area contributed by atoms with Crippen LogP contribution in [0.3, 0.4) is 0 Å². The molecule has 1 aliphatic heterocycles. The first-order valence-corrected chi connectivity index (χ1v) is 7.93. The van der Waals surface area contributed by atoms with E-state index in [9.17, 15) is 9.59 Å². The molecule has 1 saturated heterocycles. The standard InChI is InChI=1S/C13H17BrN2O2S/c1-15(7-10-6-12(14)19-9-10)8-13(18)16-4-2-11(17)3-5-16/h6,9H,2-5,7-8H2,1H3. The van der Waals surface area contributed by atoms with Gasteiger partial charge in [-0.2, -0.15) is 0 Å². The summed E-state index contributed by atoms with van der Waals surface area (Å²) in [5.41, 5.74) is 1.21. The first-order chi connectivity index (χ1) is 9.04. The van der Waals surface area contributed by atoms with Gasteiger partial charge in [0, 0.05) is 32.5 Å². The first-order valence-electron chi connectivity index (χ1n) is 6.25. The highest BCUT2D eigenvalue weighted by molar-refractivity contribution is 9.11. The van der Waals surface area contributed by atoms with Crippen LogP contribution >= 0.6 is 27.3 Å². The topological polar surface area (TPSA) is 40.6 Å². The van der Waals surface area contributed by atoms with Crippen molar-refractivity contribution in [2.75, 3.05) is 26.7 Å². The molecule has 4 nitrogen and oxygen atoms in total. The molecule has 2 rings (SSSR count). The van der Waals surface area contributed by atoms with Crippen molar-refractivity contribution in [2.24, 2.45) is 0 Å². The Labute approximate surface area is 125 Å². The van der Waals surface area contributed by atoms with Crippen molar-refractivity contribution in [3.63, 3.8) is 0 Å². The number of carbonyl (C=O) groups is 2. The van der Waals surface area contributed by atoms with Crippen molar-refractivity contribution >= 4 is 39.0 Å². The quantitative estimate of drug-likeness (QED) is 0.840. The highest BCUT2D eigenvalue weighted by atomic mass is 79.9. The van der Waals surface area contributed by atoms with Gasteiger partial charge in [-0.3, -0.25) is 14.5 Å². The Bertz CT molecular complexity index is 465. The van der Waals surface area contributed by atoms with Gasteiger partial charge >= 0.3 is 0 Å². The average molecular weight is 345 g/mol. The second kappa shape index (κ2) is 6.63. The van der Waals surface area contributed by atoms with Crippen LogP contribution in [0.1, 0.15) is 18.4 Å². The van der Waals surface area contributed by atoms with Gasteiger partial charge < -0.3 is 4.90 Å². The summed E-state index contributed by atoms with van der Waals surface area (Å²) in [6, 6.07) is 2.07. The molecule has 0 saturated carbocycles. The van der Waals surface area contributed by atoms with Gasteiger partial charge in [0.15, 0.2) is 0 Å². The monoisotopic (exact) mass is 344 g/mol. The number of halogens is 1. The maximum atomic E-state index is 12.1. The zero-order valence-corrected chi connectivity index (χ0v) is 13.3. The van der Waals surface area contributed by atoms with Crippen molar-refractivity contribution in [1.29, 1.82) is 0 Å². The zero-order valence-electron chi connectivity index (χ0n) is 10.9. The lowest BCUT2D eigenvalue weighted by atomic mass is 10.1. The lowest BCUT2D eigenvalue weighted by molar-refractivity contribution is -0.135. The number of Topliss-reactive ketones (excluding diaryl/α,β-unsaturated/α-hetero) is 1. The van der Waals surface area contributed by atoms with Gasteiger partial charge in [-0.15, -0.1) is 11.3 Å². The molecule has 19 heavy (non-hydrogen) atoms. The van der Waals surface area contributed by atoms with Gasteiger partial charge in [-0.1, -0.05) is 0 Å². The molecule has 0 unspecified atom stereocenters. The third-order valence-corrected chi connectivity index (χ3v) is 4.71. The van der Waals surface area contributed by atoms with Gasteiger partial charge in [-0.25, -0.2) is 0 Å². The second-order valence-corrected chi connectivity index (χ2v) is 7.14. The fourth-order valence-corrected chi connectivity index (χ4v) is 3.33. The van der Waals surface area contributed by atoms with Crippen LogP contribution in [-0.2, 0) is 16.1 Å². The third kappa shape index (κ3) is 4.40. The van der Waals surface area contributed by atoms with Crippen molar-refractivity contribution in [1.82, 2.24) is 9.80 Å². The molecule has 1 aromatic rings. The molecule has 1 fully saturated rings. The summed E-state index contributed by atoms with van der Waals surface area (Å²) in [7, 11) is 1.94. The van der Waals surface area contributed by atoms with Gasteiger partial charge in [0.2, 0.25) is 5.91 Å². The van der Waals surface area contributed by atoms with Crippen LogP contribution in [0.25, 0.3) is 0 Å². The third-order valence-electron chi connectivity index (χ3n) is 3.15. The summed E-state index contributed by atoms with van der Waals surface area (Å²) in [6.45, 7) is 2.33. The number of carbonyl (C=O) groups excluding carboxylic acids is 2. The van der Waals surface area contributed by atoms with Crippen LogP contribution in [0.15, 0.2) is 15.2 Å². The number of rotatable bonds is 4. The number of thiophene rings is 1. The average Bonchev–Trinajstić information content (AvgIpc) is 2.75. The fraction of sp³-hybridized carbons (Fsp3) is 0.538. The minimum Gasteiger partial charge on any atom is -0.341 e. The van der Waals surface area contributed by atoms with E-state index >= 15 is 0 Å². The molecule has 0 radical (unpaired) electrons. The van der Waals surface area contributed by atoms with Gasteiger partial charge in [-0.05, 0) is 40.0 Å². The molecule has 104 valence electrons. The molecule has 0 spiro atoms. The van der Waals surface area contributed by atoms with Gasteiger partial charge in [0.1, 0.15) is 5.78 Å². The molecule has 0 aliphatic carbocycles. The summed E-state index contributed by atoms with van der Waals surface area (Å²) in [5.74, 6) is 0.379. The Morgan fingerprint density at radius 3 is 2.74 bits per heavy atom. The molecule has 0 bridgehead atoms. The Morgan fingerprint density at radius 2 is 2.16 bits per heavy atom. The minimum absolute atomic E-state index is 0.115. The number of nitrogens with zero attached hydrogens (tertiary/aromatic N) is 2. The Kier molecular flexibility index (Phi) is 5.13. The SMILES string of the molecule is CN(CC(=O)N1CCC(=O)CC1)Cc1csc(Br)c1. The van der Waals surface area contributed by atoms with Crippen LogP contribution < -0.4 is 0 Å². The van der Waals surface area contributed by atoms with Crippen molar-refractivity contribution < 1.29 is 9.59 Å². The number of likely N-dealkylation sites (N-methyl/N-ethyl adjacent to an activating group) is 1. The Balaban J connectivity index is 1.80. The predicted molar refractivity (Wildman–Crippen MR) is 79.2 cm³/mol. The van der Waals surface area contributed by atoms with Crippen molar-refractivity contribution in [3.05, 3.63) is 20.8 Å². The molecular formula is C13H17BrN2O2S. The van der Waals surface area contributed by atoms with Crippen molar-refractivity contribution in [2.45, 2.75) is 19.4 Å². The molecular weight excluding hydrogens is 328 g/mol. The summed E-state index contributed by atoms with van der Waals surface area (Å²) in [6.07, 6.45) is 1.01. The maximum absolute atomic E-state index is 12.1. The number of ketones is 1. The van der Waals surface area contributed by atoms with Crippen LogP contribution in [0.2, 0.25) is 0 Å². The molecule has 0 aromatic carbocycles. The lowest BCUT2D eigenvalue weighted by Crippen LogP contribution is -2.43. The number of likely N-dealkylation sites (tertiary alicyclic amines) is 1. The summed E-state index contributed by atoms with van der Waals surface area (Å²) >= 11 is 5.08. The van der Waals surface area contributed by atoms with E-state index in [1.54, 1.807) is 16.2 Å². The molecule has 1 amide bonds. The van der Waals surface area contributed by atoms with Gasteiger partial charge in [0.25, 0.3) is 0 Å². The van der Waals surface area contributed by atoms with E-state index in [1.807, 2.05) is 11.9 Å². The number of hydrogen-bond acceptors (Lipinski definition) is 4. The Hall–Kier alpha value is -0.720. The van der Waals surface area contributed by atoms with E-state index in [1.165, 1.54) is 5.56 Å². The van der Waals surface area contributed by atoms with E-state index in [4.69, 9.17) is 0 Å². The van der Waals surface area contributed by atoms with Crippen LogP contribution in [-0.4, -0.2) is 48.2 Å². The van der Waals surface area contributed by atoms with Crippen LogP contribution in [0.5, 0.6) is 0 Å². The first kappa shape index (κ1) is 14.7. The normalized spacial score (nSPS) is 16.2. The number of hydrogen-bond donors (Lipinski definition) is 0. The van der Waals surface area contributed by atoms with E-state index < -0.39 is 0 Å². The van der Waals surface area contributed by atoms with E-state index in [0.717, 1.165) is 10.3 Å². The van der Waals surface area contributed by atoms with Crippen molar-refractivity contribution in [3.8, 4) is 0 Å². The molecule has 1 aliphatic rings. The molecule has 1 aromatic heterocycles. The van der Waals surface area contributed by atoms with Crippen LogP contribution in [0, 0.1) is 0 Å². The van der Waals surface area contributed by atoms with E-state index in [2.05, 4.69) is 27.4 Å². The second-order valence-electron chi connectivity index (χ2n) is 4.85. The highest BCUT2D eigenvalue weighted by Gasteiger charge is 2.21. The number of amides is 1. The smallest absolute Gasteiger partial charge is 0.236 e. The predicted octanol–water partition coefficient (Wildman–Crippen LogP) is 2.13. The van der Waals surface area contributed by atoms with Crippen LogP contribution in [0.4, 0.5) is 0 Å². The summed E-state index contributed by atoms with van der Waals surface area (Å²) < 4.78 is 1.11. The Morgan fingerprint density at radius 1 is 1.47 bits per heavy atom. The van der Waals surface area contributed by atoms with E-state index in [-0.39, 0.29) is 11.7 Å². The minimum atomic E-state index is 0.115. The zero-order chi connectivity index (χ0) is 13.8. The number of piperidine rings is 1. The molecule has 0 N–H and O–H groups in total. The van der Waals surface area contributed by atoms with Gasteiger partial charge in [0.05, 0.1) is 10.3 Å². The molecule has 2 heterocycles. The largest absolute Gasteiger partial charge is 0.341 e. The maximum Gasteiger partial charge on any atom is 0.236 e. The molecule has 0 atom stereocenters. The summed E-state index contributed by atoms with van der Waals surface area (Å²) in [5, 5.41) is 2.09. The summed E-state index contributed by atoms with van der Waals surface area (Å²) in [4.78, 5) is 27.0. The fourth-order valence-electron chi connectivity index (χ4n) is 2.13. The highest BCUT2D eigenvalue weighted by Crippen LogP contribution is 2.21. The molecule has 6 heteroatoms. The lowest BCUT2D eigenvalue weighted by Gasteiger charge is -2.28.